The van der Waals surface area contributed by atoms with Crippen LogP contribution < -0.4 is 15.8 Å². The highest BCUT2D eigenvalue weighted by atomic mass is 16.5. The van der Waals surface area contributed by atoms with Gasteiger partial charge in [0.15, 0.2) is 0 Å². The van der Waals surface area contributed by atoms with Crippen LogP contribution in [0.5, 0.6) is 11.5 Å². The van der Waals surface area contributed by atoms with Crippen molar-refractivity contribution in [3.05, 3.63) is 23.8 Å². The number of carbonyl (C=O) groups is 1. The molecule has 0 radical (unpaired) electrons. The zero-order chi connectivity index (χ0) is 13.5. The van der Waals surface area contributed by atoms with Crippen molar-refractivity contribution in [2.24, 2.45) is 10.9 Å². The van der Waals surface area contributed by atoms with E-state index in [2.05, 4.69) is 10.5 Å². The van der Waals surface area contributed by atoms with Crippen LogP contribution in [0.15, 0.2) is 23.4 Å². The van der Waals surface area contributed by atoms with Crippen LogP contribution in [0.4, 0.5) is 0 Å². The summed E-state index contributed by atoms with van der Waals surface area (Å²) in [5.41, 5.74) is 5.38. The number of aromatic hydroxyl groups is 1. The molecule has 0 aromatic heterocycles. The lowest BCUT2D eigenvalue weighted by atomic mass is 10.1. The molecule has 0 aliphatic heterocycles. The van der Waals surface area contributed by atoms with Crippen molar-refractivity contribution in [3.8, 4) is 11.5 Å². The Labute approximate surface area is 104 Å². The van der Waals surface area contributed by atoms with Crippen molar-refractivity contribution in [2.75, 3.05) is 13.7 Å². The fraction of sp³-hybridized carbons (Fsp3) is 0.273. The average molecular weight is 253 g/mol. The largest absolute Gasteiger partial charge is 0.507 e. The molecule has 18 heavy (non-hydrogen) atoms. The fourth-order valence-corrected chi connectivity index (χ4v) is 1.28. The molecule has 1 aromatic carbocycles. The Morgan fingerprint density at radius 1 is 1.56 bits per heavy atom. The average Bonchev–Trinajstić information content (AvgIpc) is 2.37. The van der Waals surface area contributed by atoms with Crippen molar-refractivity contribution in [3.63, 3.8) is 0 Å². The third kappa shape index (κ3) is 3.55. The first kappa shape index (κ1) is 13.6. The van der Waals surface area contributed by atoms with Crippen LogP contribution in [0.25, 0.3) is 0 Å². The number of nitrogens with two attached hydrogens (primary N) is 1. The van der Waals surface area contributed by atoms with Crippen molar-refractivity contribution in [1.82, 2.24) is 5.32 Å². The summed E-state index contributed by atoms with van der Waals surface area (Å²) in [7, 11) is 1.46. The first-order chi connectivity index (χ1) is 8.58. The Morgan fingerprint density at radius 2 is 2.28 bits per heavy atom. The van der Waals surface area contributed by atoms with E-state index in [1.807, 2.05) is 0 Å². The van der Waals surface area contributed by atoms with E-state index < -0.39 is 5.91 Å². The van der Waals surface area contributed by atoms with Crippen molar-refractivity contribution in [1.29, 1.82) is 0 Å². The van der Waals surface area contributed by atoms with Crippen molar-refractivity contribution in [2.45, 2.75) is 6.42 Å². The summed E-state index contributed by atoms with van der Waals surface area (Å²) >= 11 is 0. The molecule has 0 saturated heterocycles. The first-order valence-corrected chi connectivity index (χ1v) is 5.20. The summed E-state index contributed by atoms with van der Waals surface area (Å²) in [5.74, 6) is -0.133. The minimum atomic E-state index is -0.444. The highest BCUT2D eigenvalue weighted by Gasteiger charge is 2.11. The molecule has 1 amide bonds. The maximum atomic E-state index is 11.7. The molecule has 7 nitrogen and oxygen atoms in total. The molecular formula is C11H15N3O4. The SMILES string of the molecule is COc1ccc(C(=O)NCC/C(N)=N/O)c(O)c1. The van der Waals surface area contributed by atoms with E-state index in [0.29, 0.717) is 5.75 Å². The van der Waals surface area contributed by atoms with Gasteiger partial charge in [0, 0.05) is 19.0 Å². The quantitative estimate of drug-likeness (QED) is 0.260. The Bertz CT molecular complexity index is 460. The van der Waals surface area contributed by atoms with Crippen LogP contribution in [-0.2, 0) is 0 Å². The Kier molecular flexibility index (Phi) is 4.79. The van der Waals surface area contributed by atoms with Gasteiger partial charge in [-0.05, 0) is 12.1 Å². The maximum Gasteiger partial charge on any atom is 0.255 e. The molecule has 5 N–H and O–H groups in total. The van der Waals surface area contributed by atoms with E-state index in [1.165, 1.54) is 19.2 Å². The molecule has 0 aliphatic rings. The van der Waals surface area contributed by atoms with Gasteiger partial charge in [0.05, 0.1) is 12.7 Å². The number of oxime groups is 1. The summed E-state index contributed by atoms with van der Waals surface area (Å²) in [5, 5.41) is 23.2. The number of amides is 1. The lowest BCUT2D eigenvalue weighted by Crippen LogP contribution is -2.28. The summed E-state index contributed by atoms with van der Waals surface area (Å²) in [6.07, 6.45) is 0.221. The molecular weight excluding hydrogens is 238 g/mol. The van der Waals surface area contributed by atoms with Gasteiger partial charge in [-0.1, -0.05) is 5.16 Å². The fourth-order valence-electron chi connectivity index (χ4n) is 1.28. The Hall–Kier alpha value is -2.44. The number of nitrogens with one attached hydrogen (secondary N) is 1. The minimum absolute atomic E-state index is 0.0225. The highest BCUT2D eigenvalue weighted by Crippen LogP contribution is 2.23. The topological polar surface area (TPSA) is 117 Å². The van der Waals surface area contributed by atoms with Crippen LogP contribution in [0.3, 0.4) is 0 Å². The van der Waals surface area contributed by atoms with E-state index in [9.17, 15) is 9.90 Å². The number of hydrogen-bond donors (Lipinski definition) is 4. The first-order valence-electron chi connectivity index (χ1n) is 5.20. The standard InChI is InChI=1S/C11H15N3O4/c1-18-7-2-3-8(9(15)6-7)11(16)13-5-4-10(12)14-17/h2-3,6,15,17H,4-5H2,1H3,(H2,12,14)(H,13,16). The van der Waals surface area contributed by atoms with Gasteiger partial charge in [0.1, 0.15) is 17.3 Å². The van der Waals surface area contributed by atoms with Gasteiger partial charge >= 0.3 is 0 Å². The van der Waals surface area contributed by atoms with Crippen molar-refractivity contribution < 1.29 is 19.8 Å². The Morgan fingerprint density at radius 3 is 2.83 bits per heavy atom. The van der Waals surface area contributed by atoms with Crippen LogP contribution in [0, 0.1) is 0 Å². The molecule has 0 unspecified atom stereocenters. The zero-order valence-electron chi connectivity index (χ0n) is 9.88. The van der Waals surface area contributed by atoms with E-state index in [-0.39, 0.29) is 30.1 Å². The van der Waals surface area contributed by atoms with Gasteiger partial charge in [-0.3, -0.25) is 4.79 Å². The van der Waals surface area contributed by atoms with Crippen LogP contribution >= 0.6 is 0 Å². The molecule has 0 aliphatic carbocycles. The van der Waals surface area contributed by atoms with E-state index in [1.54, 1.807) is 6.07 Å². The number of nitrogens with zero attached hydrogens (tertiary/aromatic N) is 1. The van der Waals surface area contributed by atoms with Crippen LogP contribution in [-0.4, -0.2) is 35.7 Å². The van der Waals surface area contributed by atoms with Crippen LogP contribution in [0.2, 0.25) is 0 Å². The van der Waals surface area contributed by atoms with E-state index in [4.69, 9.17) is 15.7 Å². The van der Waals surface area contributed by atoms with Gasteiger partial charge in [-0.2, -0.15) is 0 Å². The van der Waals surface area contributed by atoms with Crippen molar-refractivity contribution >= 4 is 11.7 Å². The van der Waals surface area contributed by atoms with Crippen LogP contribution in [0.1, 0.15) is 16.8 Å². The number of amidine groups is 1. The lowest BCUT2D eigenvalue weighted by Gasteiger charge is -2.07. The second-order valence-corrected chi connectivity index (χ2v) is 3.48. The summed E-state index contributed by atoms with van der Waals surface area (Å²) < 4.78 is 4.91. The summed E-state index contributed by atoms with van der Waals surface area (Å²) in [6, 6.07) is 4.36. The molecule has 0 atom stereocenters. The number of benzene rings is 1. The third-order valence-corrected chi connectivity index (χ3v) is 2.24. The summed E-state index contributed by atoms with van der Waals surface area (Å²) in [6.45, 7) is 0.209. The predicted molar refractivity (Wildman–Crippen MR) is 65.0 cm³/mol. The third-order valence-electron chi connectivity index (χ3n) is 2.24. The zero-order valence-corrected chi connectivity index (χ0v) is 9.88. The molecule has 98 valence electrons. The number of methoxy groups -OCH3 is 1. The lowest BCUT2D eigenvalue weighted by molar-refractivity contribution is 0.0952. The molecule has 0 saturated carbocycles. The predicted octanol–water partition coefficient (Wildman–Crippen LogP) is 0.267. The molecule has 7 heteroatoms. The highest BCUT2D eigenvalue weighted by molar-refractivity contribution is 5.97. The molecule has 0 heterocycles. The number of rotatable bonds is 5. The van der Waals surface area contributed by atoms with Gasteiger partial charge < -0.3 is 26.1 Å². The monoisotopic (exact) mass is 253 g/mol. The molecule has 1 aromatic rings. The molecule has 0 fully saturated rings. The molecule has 0 bridgehead atoms. The van der Waals surface area contributed by atoms with E-state index in [0.717, 1.165) is 0 Å². The van der Waals surface area contributed by atoms with Gasteiger partial charge in [0.25, 0.3) is 5.91 Å². The van der Waals surface area contributed by atoms with Gasteiger partial charge in [-0.25, -0.2) is 0 Å². The van der Waals surface area contributed by atoms with E-state index >= 15 is 0 Å². The second-order valence-electron chi connectivity index (χ2n) is 3.48. The normalized spacial score (nSPS) is 11.1. The van der Waals surface area contributed by atoms with Gasteiger partial charge in [0.2, 0.25) is 0 Å². The maximum absolute atomic E-state index is 11.7. The second kappa shape index (κ2) is 6.33. The number of carbonyl (C=O) groups excluding carboxylic acids is 1. The number of phenolic OH excluding ortho intramolecular Hbond substituents is 1. The smallest absolute Gasteiger partial charge is 0.255 e. The minimum Gasteiger partial charge on any atom is -0.507 e. The number of phenols is 1. The summed E-state index contributed by atoms with van der Waals surface area (Å²) in [4.78, 5) is 11.7. The number of hydrogen-bond acceptors (Lipinski definition) is 5. The molecule has 0 spiro atoms. The number of ether oxygens (including phenoxy) is 1. The van der Waals surface area contributed by atoms with Gasteiger partial charge in [-0.15, -0.1) is 0 Å². The Balaban J connectivity index is 2.62. The molecule has 1 rings (SSSR count).